The second kappa shape index (κ2) is 8.04. The van der Waals surface area contributed by atoms with Gasteiger partial charge in [-0.05, 0) is 36.4 Å². The number of benzene rings is 2. The van der Waals surface area contributed by atoms with Gasteiger partial charge in [0.05, 0.1) is 18.9 Å². The van der Waals surface area contributed by atoms with Crippen molar-refractivity contribution in [2.45, 2.75) is 0 Å². The molecule has 1 fully saturated rings. The molecule has 30 heavy (non-hydrogen) atoms. The maximum atomic E-state index is 5.44. The maximum absolute atomic E-state index is 5.44. The minimum atomic E-state index is 0.728. The summed E-state index contributed by atoms with van der Waals surface area (Å²) in [5.41, 5.74) is 5.95. The highest BCUT2D eigenvalue weighted by molar-refractivity contribution is 5.75. The second-order valence-electron chi connectivity index (χ2n) is 7.23. The third-order valence-electron chi connectivity index (χ3n) is 5.33. The molecule has 1 aliphatic heterocycles. The van der Waals surface area contributed by atoms with Gasteiger partial charge < -0.3 is 24.7 Å². The Morgan fingerprint density at radius 1 is 1.00 bits per heavy atom. The Morgan fingerprint density at radius 3 is 2.63 bits per heavy atom. The lowest BCUT2D eigenvalue weighted by atomic mass is 10.1. The first-order chi connectivity index (χ1) is 14.8. The molecule has 7 heteroatoms. The fourth-order valence-electron chi connectivity index (χ4n) is 3.70. The van der Waals surface area contributed by atoms with Crippen LogP contribution in [0.1, 0.15) is 0 Å². The third-order valence-corrected chi connectivity index (χ3v) is 5.33. The fourth-order valence-corrected chi connectivity index (χ4v) is 3.70. The Bertz CT molecular complexity index is 1150. The van der Waals surface area contributed by atoms with Crippen LogP contribution in [0.5, 0.6) is 0 Å². The van der Waals surface area contributed by atoms with E-state index in [1.807, 2.05) is 36.0 Å². The molecule has 7 nitrogen and oxygen atoms in total. The summed E-state index contributed by atoms with van der Waals surface area (Å²) in [7, 11) is 1.92. The van der Waals surface area contributed by atoms with Crippen LogP contribution >= 0.6 is 0 Å². The van der Waals surface area contributed by atoms with E-state index < -0.39 is 0 Å². The minimum Gasteiger partial charge on any atom is -0.388 e. The summed E-state index contributed by atoms with van der Waals surface area (Å²) in [4.78, 5) is 11.7. The predicted octanol–water partition coefficient (Wildman–Crippen LogP) is 4.02. The van der Waals surface area contributed by atoms with Gasteiger partial charge in [0.2, 0.25) is 0 Å². The number of aromatic nitrogens is 3. The van der Waals surface area contributed by atoms with Gasteiger partial charge in [0.25, 0.3) is 0 Å². The van der Waals surface area contributed by atoms with Gasteiger partial charge in [-0.2, -0.15) is 0 Å². The molecule has 0 radical (unpaired) electrons. The van der Waals surface area contributed by atoms with Crippen molar-refractivity contribution in [1.29, 1.82) is 0 Å². The Morgan fingerprint density at radius 2 is 1.83 bits per heavy atom. The average Bonchev–Trinajstić information content (AvgIpc) is 3.29. The number of hydrogen-bond acceptors (Lipinski definition) is 6. The van der Waals surface area contributed by atoms with Crippen molar-refractivity contribution in [3.05, 3.63) is 67.1 Å². The van der Waals surface area contributed by atoms with E-state index in [2.05, 4.69) is 56.9 Å². The molecule has 4 aromatic rings. The van der Waals surface area contributed by atoms with Gasteiger partial charge in [0.1, 0.15) is 0 Å². The number of morpholine rings is 1. The molecule has 3 heterocycles. The lowest BCUT2D eigenvalue weighted by molar-refractivity contribution is 0.122. The van der Waals surface area contributed by atoms with E-state index in [0.717, 1.165) is 60.4 Å². The summed E-state index contributed by atoms with van der Waals surface area (Å²) >= 11 is 0. The number of fused-ring (bicyclic) bond motifs is 1. The number of rotatable bonds is 5. The van der Waals surface area contributed by atoms with Crippen molar-refractivity contribution < 1.29 is 4.74 Å². The summed E-state index contributed by atoms with van der Waals surface area (Å²) in [6, 6.07) is 16.7. The first-order valence-electron chi connectivity index (χ1n) is 10.1. The predicted molar refractivity (Wildman–Crippen MR) is 121 cm³/mol. The van der Waals surface area contributed by atoms with E-state index in [0.29, 0.717) is 0 Å². The van der Waals surface area contributed by atoms with Crippen LogP contribution in [0.25, 0.3) is 16.9 Å². The molecule has 0 aliphatic carbocycles. The molecule has 2 N–H and O–H groups in total. The smallest absolute Gasteiger partial charge is 0.180 e. The Kier molecular flexibility index (Phi) is 4.94. The third kappa shape index (κ3) is 3.67. The zero-order chi connectivity index (χ0) is 20.3. The van der Waals surface area contributed by atoms with E-state index in [1.54, 1.807) is 6.20 Å². The zero-order valence-electron chi connectivity index (χ0n) is 16.9. The average molecular weight is 400 g/mol. The molecule has 2 aromatic carbocycles. The standard InChI is InChI=1S/C23H24N6O/c1-24-19-4-2-3-17(15-19)21-16-29-10-9-25-23(29)22(27-21)26-18-5-7-20(8-6-18)28-11-13-30-14-12-28/h2-10,15-16,24H,11-14H2,1H3,(H,26,27). The molecule has 0 spiro atoms. The summed E-state index contributed by atoms with van der Waals surface area (Å²) in [6.07, 6.45) is 5.73. The zero-order valence-corrected chi connectivity index (χ0v) is 16.9. The maximum Gasteiger partial charge on any atom is 0.180 e. The topological polar surface area (TPSA) is 66.7 Å². The van der Waals surface area contributed by atoms with Gasteiger partial charge in [0, 0.05) is 61.4 Å². The number of anilines is 4. The summed E-state index contributed by atoms with van der Waals surface area (Å²) in [5.74, 6) is 0.728. The second-order valence-corrected chi connectivity index (χ2v) is 7.23. The molecule has 0 unspecified atom stereocenters. The van der Waals surface area contributed by atoms with E-state index in [-0.39, 0.29) is 0 Å². The molecule has 2 aromatic heterocycles. The molecular weight excluding hydrogens is 376 g/mol. The van der Waals surface area contributed by atoms with Crippen molar-refractivity contribution in [1.82, 2.24) is 14.4 Å². The molecule has 1 saturated heterocycles. The van der Waals surface area contributed by atoms with Crippen LogP contribution < -0.4 is 15.5 Å². The number of nitrogens with zero attached hydrogens (tertiary/aromatic N) is 4. The fraction of sp³-hybridized carbons (Fsp3) is 0.217. The van der Waals surface area contributed by atoms with Crippen LogP contribution in [0.4, 0.5) is 22.9 Å². The van der Waals surface area contributed by atoms with Crippen molar-refractivity contribution >= 4 is 28.5 Å². The van der Waals surface area contributed by atoms with E-state index in [1.165, 1.54) is 5.69 Å². The van der Waals surface area contributed by atoms with Crippen molar-refractivity contribution in [2.24, 2.45) is 0 Å². The normalized spacial score (nSPS) is 14.1. The minimum absolute atomic E-state index is 0.728. The highest BCUT2D eigenvalue weighted by atomic mass is 16.5. The van der Waals surface area contributed by atoms with Gasteiger partial charge >= 0.3 is 0 Å². The van der Waals surface area contributed by atoms with Crippen LogP contribution in [-0.2, 0) is 4.74 Å². The van der Waals surface area contributed by atoms with Crippen LogP contribution in [-0.4, -0.2) is 47.7 Å². The van der Waals surface area contributed by atoms with Crippen LogP contribution in [0, 0.1) is 0 Å². The number of imidazole rings is 1. The quantitative estimate of drug-likeness (QED) is 0.528. The van der Waals surface area contributed by atoms with Crippen LogP contribution in [0.2, 0.25) is 0 Å². The van der Waals surface area contributed by atoms with Gasteiger partial charge in [-0.1, -0.05) is 12.1 Å². The SMILES string of the molecule is CNc1cccc(-c2cn3ccnc3c(Nc3ccc(N4CCOCC4)cc3)n2)c1. The summed E-state index contributed by atoms with van der Waals surface area (Å²) in [6.45, 7) is 3.42. The lowest BCUT2D eigenvalue weighted by Crippen LogP contribution is -2.36. The highest BCUT2D eigenvalue weighted by Crippen LogP contribution is 2.27. The number of ether oxygens (including phenoxy) is 1. The molecule has 0 amide bonds. The monoisotopic (exact) mass is 400 g/mol. The first kappa shape index (κ1) is 18.4. The van der Waals surface area contributed by atoms with Gasteiger partial charge in [-0.25, -0.2) is 9.97 Å². The van der Waals surface area contributed by atoms with E-state index >= 15 is 0 Å². The van der Waals surface area contributed by atoms with Gasteiger partial charge in [0.15, 0.2) is 11.5 Å². The Labute approximate surface area is 175 Å². The number of nitrogens with one attached hydrogen (secondary N) is 2. The largest absolute Gasteiger partial charge is 0.388 e. The molecule has 0 bridgehead atoms. The van der Waals surface area contributed by atoms with Crippen molar-refractivity contribution in [2.75, 3.05) is 48.9 Å². The summed E-state index contributed by atoms with van der Waals surface area (Å²) in [5, 5.41) is 6.63. The van der Waals surface area contributed by atoms with Crippen molar-refractivity contribution in [3.8, 4) is 11.3 Å². The van der Waals surface area contributed by atoms with Crippen LogP contribution in [0.3, 0.4) is 0 Å². The van der Waals surface area contributed by atoms with E-state index in [9.17, 15) is 0 Å². The van der Waals surface area contributed by atoms with Gasteiger partial charge in [-0.3, -0.25) is 0 Å². The molecule has 1 aliphatic rings. The Balaban J connectivity index is 1.45. The molecule has 152 valence electrons. The molecule has 0 atom stereocenters. The molecule has 0 saturated carbocycles. The Hall–Kier alpha value is -3.58. The van der Waals surface area contributed by atoms with E-state index in [4.69, 9.17) is 9.72 Å². The number of hydrogen-bond donors (Lipinski definition) is 2. The summed E-state index contributed by atoms with van der Waals surface area (Å²) < 4.78 is 7.44. The first-order valence-corrected chi connectivity index (χ1v) is 10.1. The van der Waals surface area contributed by atoms with Gasteiger partial charge in [-0.15, -0.1) is 0 Å². The highest BCUT2D eigenvalue weighted by Gasteiger charge is 2.12. The van der Waals surface area contributed by atoms with Crippen LogP contribution in [0.15, 0.2) is 67.1 Å². The van der Waals surface area contributed by atoms with Crippen molar-refractivity contribution in [3.63, 3.8) is 0 Å². The lowest BCUT2D eigenvalue weighted by Gasteiger charge is -2.28. The molecular formula is C23H24N6O. The molecule has 5 rings (SSSR count).